The van der Waals surface area contributed by atoms with Crippen molar-refractivity contribution in [3.63, 3.8) is 0 Å². The van der Waals surface area contributed by atoms with Crippen LogP contribution in [0.1, 0.15) is 12.5 Å². The minimum atomic E-state index is -0.661. The third-order valence-corrected chi connectivity index (χ3v) is 2.26. The average Bonchev–Trinajstić information content (AvgIpc) is 2.15. The number of rotatable bonds is 3. The summed E-state index contributed by atoms with van der Waals surface area (Å²) in [5.74, 6) is 1.000. The Morgan fingerprint density at radius 1 is 1.23 bits per heavy atom. The molecule has 1 nitrogen and oxygen atoms in total. The highest BCUT2D eigenvalue weighted by molar-refractivity contribution is 6.49. The van der Waals surface area contributed by atoms with E-state index in [0.717, 1.165) is 11.3 Å². The van der Waals surface area contributed by atoms with E-state index >= 15 is 0 Å². The van der Waals surface area contributed by atoms with E-state index < -0.39 is 9.04 Å². The molecule has 0 bridgehead atoms. The van der Waals surface area contributed by atoms with Gasteiger partial charge >= 0.3 is 0 Å². The van der Waals surface area contributed by atoms with Crippen LogP contribution in [0.3, 0.4) is 0 Å². The highest BCUT2D eigenvalue weighted by atomic mass is 28.3. The van der Waals surface area contributed by atoms with Gasteiger partial charge in [0.1, 0.15) is 5.76 Å². The molecule has 0 aliphatic heterocycles. The lowest BCUT2D eigenvalue weighted by Gasteiger charge is -2.12. The van der Waals surface area contributed by atoms with Crippen molar-refractivity contribution in [1.29, 1.82) is 0 Å². The average molecular weight is 191 g/mol. The Balaban J connectivity index is 2.80. The van der Waals surface area contributed by atoms with Gasteiger partial charge in [0, 0.05) is 5.56 Å². The van der Waals surface area contributed by atoms with E-state index in [1.54, 1.807) is 0 Å². The van der Waals surface area contributed by atoms with Crippen LogP contribution in [-0.4, -0.2) is 9.04 Å². The maximum Gasteiger partial charge on any atom is 0.274 e. The standard InChI is InChI=1S/C11H15OSi/c1-4-11(12-13(2)3)10-8-6-5-7-9-10/h4-9H,1-3H3. The van der Waals surface area contributed by atoms with Crippen molar-refractivity contribution in [2.24, 2.45) is 0 Å². The Morgan fingerprint density at radius 2 is 1.85 bits per heavy atom. The summed E-state index contributed by atoms with van der Waals surface area (Å²) in [6.07, 6.45) is 2.02. The first-order valence-electron chi connectivity index (χ1n) is 4.43. The van der Waals surface area contributed by atoms with E-state index in [1.165, 1.54) is 0 Å². The van der Waals surface area contributed by atoms with Gasteiger partial charge in [-0.2, -0.15) is 0 Å². The van der Waals surface area contributed by atoms with Crippen LogP contribution in [0.2, 0.25) is 13.1 Å². The molecule has 1 rings (SSSR count). The normalized spacial score (nSPS) is 11.8. The maximum atomic E-state index is 5.75. The molecule has 0 aromatic heterocycles. The van der Waals surface area contributed by atoms with Gasteiger partial charge in [-0.25, -0.2) is 0 Å². The van der Waals surface area contributed by atoms with E-state index in [-0.39, 0.29) is 0 Å². The van der Waals surface area contributed by atoms with Gasteiger partial charge in [0.2, 0.25) is 0 Å². The zero-order valence-electron chi connectivity index (χ0n) is 8.37. The molecular weight excluding hydrogens is 176 g/mol. The van der Waals surface area contributed by atoms with Crippen molar-refractivity contribution in [2.45, 2.75) is 20.0 Å². The smallest absolute Gasteiger partial charge is 0.274 e. The van der Waals surface area contributed by atoms with Gasteiger partial charge in [-0.15, -0.1) is 0 Å². The van der Waals surface area contributed by atoms with Crippen LogP contribution in [-0.2, 0) is 4.43 Å². The predicted octanol–water partition coefficient (Wildman–Crippen LogP) is 3.32. The second-order valence-corrected chi connectivity index (χ2v) is 5.05. The Hall–Kier alpha value is -1.02. The van der Waals surface area contributed by atoms with Gasteiger partial charge < -0.3 is 4.43 Å². The van der Waals surface area contributed by atoms with Gasteiger partial charge in [0.25, 0.3) is 9.04 Å². The molecule has 0 amide bonds. The molecule has 0 aliphatic rings. The quantitative estimate of drug-likeness (QED) is 0.526. The van der Waals surface area contributed by atoms with Gasteiger partial charge in [-0.05, 0) is 26.1 Å². The first kappa shape index (κ1) is 10.1. The van der Waals surface area contributed by atoms with Crippen molar-refractivity contribution < 1.29 is 4.43 Å². The highest BCUT2D eigenvalue weighted by Crippen LogP contribution is 2.15. The largest absolute Gasteiger partial charge is 0.542 e. The molecule has 1 aromatic rings. The second kappa shape index (κ2) is 4.87. The molecule has 0 saturated carbocycles. The van der Waals surface area contributed by atoms with Crippen LogP contribution in [0, 0.1) is 0 Å². The Morgan fingerprint density at radius 3 is 2.31 bits per heavy atom. The Kier molecular flexibility index (Phi) is 3.77. The van der Waals surface area contributed by atoms with Crippen molar-refractivity contribution in [3.05, 3.63) is 42.0 Å². The van der Waals surface area contributed by atoms with Crippen molar-refractivity contribution >= 4 is 14.8 Å². The molecule has 0 unspecified atom stereocenters. The zero-order chi connectivity index (χ0) is 9.68. The maximum absolute atomic E-state index is 5.75. The highest BCUT2D eigenvalue weighted by Gasteiger charge is 2.04. The third kappa shape index (κ3) is 3.07. The predicted molar refractivity (Wildman–Crippen MR) is 58.7 cm³/mol. The summed E-state index contributed by atoms with van der Waals surface area (Å²) < 4.78 is 5.75. The van der Waals surface area contributed by atoms with E-state index in [1.807, 2.05) is 31.2 Å². The molecule has 0 atom stereocenters. The molecule has 0 spiro atoms. The van der Waals surface area contributed by atoms with Crippen LogP contribution in [0.25, 0.3) is 5.76 Å². The van der Waals surface area contributed by atoms with Crippen molar-refractivity contribution in [2.75, 3.05) is 0 Å². The van der Waals surface area contributed by atoms with E-state index in [9.17, 15) is 0 Å². The molecule has 13 heavy (non-hydrogen) atoms. The van der Waals surface area contributed by atoms with E-state index in [4.69, 9.17) is 4.43 Å². The first-order chi connectivity index (χ1) is 6.24. The summed E-state index contributed by atoms with van der Waals surface area (Å²) in [4.78, 5) is 0. The topological polar surface area (TPSA) is 9.23 Å². The van der Waals surface area contributed by atoms with Gasteiger partial charge in [-0.3, -0.25) is 0 Å². The zero-order valence-corrected chi connectivity index (χ0v) is 9.37. The molecule has 0 fully saturated rings. The Labute approximate surface area is 81.8 Å². The minimum absolute atomic E-state index is 0.661. The summed E-state index contributed by atoms with van der Waals surface area (Å²) in [7, 11) is -0.661. The molecule has 1 radical (unpaired) electrons. The molecule has 1 aromatic carbocycles. The fourth-order valence-electron chi connectivity index (χ4n) is 1.11. The second-order valence-electron chi connectivity index (χ2n) is 3.03. The number of allylic oxidation sites excluding steroid dienone is 1. The lowest BCUT2D eigenvalue weighted by atomic mass is 10.2. The van der Waals surface area contributed by atoms with Crippen LogP contribution >= 0.6 is 0 Å². The number of benzene rings is 1. The molecule has 0 aliphatic carbocycles. The van der Waals surface area contributed by atoms with Crippen LogP contribution in [0.5, 0.6) is 0 Å². The monoisotopic (exact) mass is 191 g/mol. The summed E-state index contributed by atoms with van der Waals surface area (Å²) in [5.41, 5.74) is 1.16. The minimum Gasteiger partial charge on any atom is -0.542 e. The Bertz CT molecular complexity index is 277. The SMILES string of the molecule is CC=C(O[Si](C)C)c1ccccc1. The van der Waals surface area contributed by atoms with E-state index in [0.29, 0.717) is 0 Å². The lowest BCUT2D eigenvalue weighted by molar-refractivity contribution is 0.536. The molecule has 0 heterocycles. The van der Waals surface area contributed by atoms with Gasteiger partial charge in [0.05, 0.1) is 0 Å². The van der Waals surface area contributed by atoms with Gasteiger partial charge in [-0.1, -0.05) is 30.3 Å². The molecule has 69 valence electrons. The summed E-state index contributed by atoms with van der Waals surface area (Å²) in [6, 6.07) is 10.2. The summed E-state index contributed by atoms with van der Waals surface area (Å²) in [5, 5.41) is 0. The fourth-order valence-corrected chi connectivity index (χ4v) is 1.78. The third-order valence-electron chi connectivity index (χ3n) is 1.63. The number of hydrogen-bond acceptors (Lipinski definition) is 1. The van der Waals surface area contributed by atoms with Crippen molar-refractivity contribution in [1.82, 2.24) is 0 Å². The van der Waals surface area contributed by atoms with Gasteiger partial charge in [0.15, 0.2) is 0 Å². The lowest BCUT2D eigenvalue weighted by Crippen LogP contribution is -2.06. The van der Waals surface area contributed by atoms with E-state index in [2.05, 4.69) is 25.2 Å². The van der Waals surface area contributed by atoms with Crippen LogP contribution < -0.4 is 0 Å². The summed E-state index contributed by atoms with van der Waals surface area (Å²) >= 11 is 0. The molecule has 0 N–H and O–H groups in total. The molecule has 2 heteroatoms. The first-order valence-corrected chi connectivity index (χ1v) is 6.84. The fraction of sp³-hybridized carbons (Fsp3) is 0.273. The number of hydrogen-bond donors (Lipinski definition) is 0. The molecular formula is C11H15OSi. The van der Waals surface area contributed by atoms with Crippen molar-refractivity contribution in [3.8, 4) is 0 Å². The summed E-state index contributed by atoms with van der Waals surface area (Å²) in [6.45, 7) is 6.28. The van der Waals surface area contributed by atoms with Crippen LogP contribution in [0.4, 0.5) is 0 Å². The molecule has 0 saturated heterocycles. The van der Waals surface area contributed by atoms with Crippen LogP contribution in [0.15, 0.2) is 36.4 Å².